The number of anilines is 2. The zero-order chi connectivity index (χ0) is 18.1. The molecule has 134 valence electrons. The van der Waals surface area contributed by atoms with Crippen molar-refractivity contribution in [2.75, 3.05) is 30.4 Å². The molecule has 1 aliphatic rings. The van der Waals surface area contributed by atoms with Crippen LogP contribution in [0.25, 0.3) is 11.0 Å². The van der Waals surface area contributed by atoms with Crippen LogP contribution in [0, 0.1) is 6.92 Å². The van der Waals surface area contributed by atoms with Gasteiger partial charge in [-0.2, -0.15) is 0 Å². The van der Waals surface area contributed by atoms with E-state index in [9.17, 15) is 4.79 Å². The fraction of sp³-hybridized carbons (Fsp3) is 0.300. The third-order valence-electron chi connectivity index (χ3n) is 4.79. The van der Waals surface area contributed by atoms with Gasteiger partial charge in [-0.1, -0.05) is 0 Å². The van der Waals surface area contributed by atoms with Gasteiger partial charge in [0.2, 0.25) is 0 Å². The number of amides is 1. The molecule has 0 saturated carbocycles. The van der Waals surface area contributed by atoms with E-state index in [0.717, 1.165) is 35.6 Å². The highest BCUT2D eigenvalue weighted by atomic mass is 16.5. The number of methoxy groups -OCH3 is 1. The van der Waals surface area contributed by atoms with Crippen LogP contribution in [0.2, 0.25) is 0 Å². The maximum Gasteiger partial charge on any atom is 0.291 e. The van der Waals surface area contributed by atoms with Gasteiger partial charge in [-0.15, -0.1) is 0 Å². The van der Waals surface area contributed by atoms with Crippen molar-refractivity contribution in [3.8, 4) is 5.75 Å². The molecule has 6 nitrogen and oxygen atoms in total. The summed E-state index contributed by atoms with van der Waals surface area (Å²) in [7, 11) is 1.61. The Labute approximate surface area is 151 Å². The molecule has 0 unspecified atom stereocenters. The molecule has 1 aliphatic heterocycles. The molecule has 0 aliphatic carbocycles. The Balaban J connectivity index is 1.54. The zero-order valence-electron chi connectivity index (χ0n) is 14.9. The monoisotopic (exact) mass is 351 g/mol. The summed E-state index contributed by atoms with van der Waals surface area (Å²) in [6.45, 7) is 3.95. The number of ether oxygens (including phenoxy) is 1. The van der Waals surface area contributed by atoms with Gasteiger partial charge in [0, 0.05) is 24.0 Å². The normalized spacial score (nSPS) is 14.0. The molecule has 0 radical (unpaired) electrons. The van der Waals surface area contributed by atoms with Crippen molar-refractivity contribution in [2.45, 2.75) is 19.8 Å². The lowest BCUT2D eigenvalue weighted by atomic mass is 10.1. The minimum atomic E-state index is -0.284. The molecular formula is C20H21N3O3. The first kappa shape index (κ1) is 16.4. The number of aromatic nitrogens is 1. The van der Waals surface area contributed by atoms with Crippen molar-refractivity contribution >= 4 is 28.4 Å². The van der Waals surface area contributed by atoms with Crippen molar-refractivity contribution in [1.29, 1.82) is 0 Å². The molecule has 1 saturated heterocycles. The molecular weight excluding hydrogens is 330 g/mol. The highest BCUT2D eigenvalue weighted by Gasteiger charge is 2.19. The van der Waals surface area contributed by atoms with E-state index >= 15 is 0 Å². The molecule has 3 heterocycles. The summed E-state index contributed by atoms with van der Waals surface area (Å²) in [6, 6.07) is 9.31. The van der Waals surface area contributed by atoms with Gasteiger partial charge in [0.25, 0.3) is 5.91 Å². The first-order valence-corrected chi connectivity index (χ1v) is 8.75. The van der Waals surface area contributed by atoms with Crippen LogP contribution in [0.3, 0.4) is 0 Å². The third-order valence-corrected chi connectivity index (χ3v) is 4.79. The second-order valence-corrected chi connectivity index (χ2v) is 6.47. The van der Waals surface area contributed by atoms with Crippen LogP contribution in [0.5, 0.6) is 5.75 Å². The number of carbonyl (C=O) groups excluding carboxylic acids is 1. The van der Waals surface area contributed by atoms with Gasteiger partial charge in [0.1, 0.15) is 17.2 Å². The number of hydrogen-bond acceptors (Lipinski definition) is 5. The summed E-state index contributed by atoms with van der Waals surface area (Å²) in [5.74, 6) is 1.70. The lowest BCUT2D eigenvalue weighted by molar-refractivity contribution is 0.0998. The highest BCUT2D eigenvalue weighted by molar-refractivity contribution is 6.06. The van der Waals surface area contributed by atoms with Gasteiger partial charge in [-0.05, 0) is 50.1 Å². The Morgan fingerprint density at radius 1 is 1.23 bits per heavy atom. The van der Waals surface area contributed by atoms with Crippen LogP contribution in [-0.4, -0.2) is 31.1 Å². The Morgan fingerprint density at radius 2 is 2.04 bits per heavy atom. The zero-order valence-corrected chi connectivity index (χ0v) is 14.9. The Hall–Kier alpha value is -3.02. The molecule has 1 amide bonds. The van der Waals surface area contributed by atoms with Crippen LogP contribution >= 0.6 is 0 Å². The van der Waals surface area contributed by atoms with E-state index in [0.29, 0.717) is 17.0 Å². The van der Waals surface area contributed by atoms with E-state index in [1.54, 1.807) is 13.3 Å². The van der Waals surface area contributed by atoms with Crippen molar-refractivity contribution in [3.63, 3.8) is 0 Å². The van der Waals surface area contributed by atoms with Gasteiger partial charge in [-0.25, -0.2) is 4.98 Å². The number of nitrogens with zero attached hydrogens (tertiary/aromatic N) is 2. The molecule has 0 spiro atoms. The van der Waals surface area contributed by atoms with Crippen molar-refractivity contribution in [2.24, 2.45) is 0 Å². The number of furan rings is 1. The number of pyridine rings is 1. The second-order valence-electron chi connectivity index (χ2n) is 6.47. The summed E-state index contributed by atoms with van der Waals surface area (Å²) in [5, 5.41) is 3.73. The number of benzene rings is 1. The topological polar surface area (TPSA) is 67.6 Å². The molecule has 0 atom stereocenters. The van der Waals surface area contributed by atoms with Gasteiger partial charge in [-0.3, -0.25) is 4.79 Å². The number of aryl methyl sites for hydroxylation is 1. The minimum Gasteiger partial charge on any atom is -0.497 e. The lowest BCUT2D eigenvalue weighted by Gasteiger charge is -2.16. The number of nitrogens with one attached hydrogen (secondary N) is 1. The van der Waals surface area contributed by atoms with Crippen LogP contribution in [0.1, 0.15) is 29.0 Å². The number of rotatable bonds is 4. The maximum absolute atomic E-state index is 12.6. The smallest absolute Gasteiger partial charge is 0.291 e. The molecule has 3 aromatic rings. The van der Waals surface area contributed by atoms with E-state index in [4.69, 9.17) is 9.15 Å². The van der Waals surface area contributed by atoms with E-state index in [1.807, 2.05) is 37.3 Å². The standard InChI is InChI=1S/C20H21N3O3/c1-13-16-11-15(25-2)6-7-17(16)26-19(13)20(24)22-14-5-8-18(21-12-14)23-9-3-4-10-23/h5-8,11-12H,3-4,9-10H2,1-2H3,(H,22,24). The largest absolute Gasteiger partial charge is 0.497 e. The molecule has 1 N–H and O–H groups in total. The Kier molecular flexibility index (Phi) is 4.24. The van der Waals surface area contributed by atoms with Crippen molar-refractivity contribution < 1.29 is 13.9 Å². The molecule has 6 heteroatoms. The second kappa shape index (κ2) is 6.71. The summed E-state index contributed by atoms with van der Waals surface area (Å²) in [4.78, 5) is 19.3. The molecule has 26 heavy (non-hydrogen) atoms. The summed E-state index contributed by atoms with van der Waals surface area (Å²) in [5.41, 5.74) is 2.10. The highest BCUT2D eigenvalue weighted by Crippen LogP contribution is 2.29. The van der Waals surface area contributed by atoms with Crippen molar-refractivity contribution in [1.82, 2.24) is 4.98 Å². The minimum absolute atomic E-state index is 0.284. The van der Waals surface area contributed by atoms with Gasteiger partial charge < -0.3 is 19.4 Å². The fourth-order valence-electron chi connectivity index (χ4n) is 3.32. The third kappa shape index (κ3) is 2.98. The van der Waals surface area contributed by atoms with E-state index in [-0.39, 0.29) is 5.91 Å². The van der Waals surface area contributed by atoms with Gasteiger partial charge in [0.05, 0.1) is 19.0 Å². The van der Waals surface area contributed by atoms with Crippen LogP contribution in [-0.2, 0) is 0 Å². The van der Waals surface area contributed by atoms with Crippen LogP contribution in [0.4, 0.5) is 11.5 Å². The average molecular weight is 351 g/mol. The quantitative estimate of drug-likeness (QED) is 0.769. The maximum atomic E-state index is 12.6. The molecule has 4 rings (SSSR count). The number of hydrogen-bond donors (Lipinski definition) is 1. The van der Waals surface area contributed by atoms with E-state index < -0.39 is 0 Å². The lowest BCUT2D eigenvalue weighted by Crippen LogP contribution is -2.19. The Bertz CT molecular complexity index is 941. The average Bonchev–Trinajstić information content (AvgIpc) is 3.31. The van der Waals surface area contributed by atoms with Crippen LogP contribution in [0.15, 0.2) is 40.9 Å². The van der Waals surface area contributed by atoms with Crippen LogP contribution < -0.4 is 15.0 Å². The fourth-order valence-corrected chi connectivity index (χ4v) is 3.32. The first-order valence-electron chi connectivity index (χ1n) is 8.75. The molecule has 1 aromatic carbocycles. The van der Waals surface area contributed by atoms with Gasteiger partial charge >= 0.3 is 0 Å². The number of carbonyl (C=O) groups is 1. The Morgan fingerprint density at radius 3 is 2.73 bits per heavy atom. The predicted octanol–water partition coefficient (Wildman–Crippen LogP) is 4.00. The van der Waals surface area contributed by atoms with E-state index in [1.165, 1.54) is 12.8 Å². The number of fused-ring (bicyclic) bond motifs is 1. The molecule has 1 fully saturated rings. The molecule has 0 bridgehead atoms. The van der Waals surface area contributed by atoms with Crippen molar-refractivity contribution in [3.05, 3.63) is 47.9 Å². The summed E-state index contributed by atoms with van der Waals surface area (Å²) in [6.07, 6.45) is 4.10. The summed E-state index contributed by atoms with van der Waals surface area (Å²) < 4.78 is 11.0. The van der Waals surface area contributed by atoms with E-state index in [2.05, 4.69) is 15.2 Å². The SMILES string of the molecule is COc1ccc2oc(C(=O)Nc3ccc(N4CCCC4)nc3)c(C)c2c1. The summed E-state index contributed by atoms with van der Waals surface area (Å²) >= 11 is 0. The molecule has 2 aromatic heterocycles. The van der Waals surface area contributed by atoms with Gasteiger partial charge in [0.15, 0.2) is 5.76 Å². The first-order chi connectivity index (χ1) is 12.7. The predicted molar refractivity (Wildman–Crippen MR) is 101 cm³/mol.